The zero-order valence-corrected chi connectivity index (χ0v) is 13.9. The van der Waals surface area contributed by atoms with E-state index in [9.17, 15) is 0 Å². The minimum atomic E-state index is 0.660. The topological polar surface area (TPSA) is 0 Å². The van der Waals surface area contributed by atoms with Gasteiger partial charge in [0.25, 0.3) is 0 Å². The first kappa shape index (κ1) is 14.5. The van der Waals surface area contributed by atoms with Crippen molar-refractivity contribution in [3.63, 3.8) is 0 Å². The van der Waals surface area contributed by atoms with Gasteiger partial charge in [-0.2, -0.15) is 0 Å². The quantitative estimate of drug-likeness (QED) is 0.612. The van der Waals surface area contributed by atoms with Crippen molar-refractivity contribution in [2.45, 2.75) is 44.9 Å². The summed E-state index contributed by atoms with van der Waals surface area (Å²) in [7, 11) is 0. The molecule has 1 unspecified atom stereocenters. The highest BCUT2D eigenvalue weighted by molar-refractivity contribution is 5.73. The van der Waals surface area contributed by atoms with Gasteiger partial charge >= 0.3 is 0 Å². The van der Waals surface area contributed by atoms with Crippen molar-refractivity contribution in [3.05, 3.63) is 83.0 Å². The van der Waals surface area contributed by atoms with Gasteiger partial charge in [-0.3, -0.25) is 0 Å². The molecule has 2 aromatic rings. The third-order valence-corrected chi connectivity index (χ3v) is 5.35. The smallest absolute Gasteiger partial charge is 0.0112 e. The van der Waals surface area contributed by atoms with Crippen LogP contribution in [0.5, 0.6) is 0 Å². The Morgan fingerprint density at radius 3 is 2.61 bits per heavy atom. The first-order valence-corrected chi connectivity index (χ1v) is 8.84. The fourth-order valence-corrected chi connectivity index (χ4v) is 4.19. The van der Waals surface area contributed by atoms with Crippen molar-refractivity contribution in [2.24, 2.45) is 0 Å². The summed E-state index contributed by atoms with van der Waals surface area (Å²) in [4.78, 5) is 0. The van der Waals surface area contributed by atoms with Crippen LogP contribution in [0, 0.1) is 0 Å². The Hall–Kier alpha value is -2.08. The maximum absolute atomic E-state index is 2.41. The second-order valence-corrected chi connectivity index (χ2v) is 6.97. The lowest BCUT2D eigenvalue weighted by Crippen LogP contribution is -2.11. The van der Waals surface area contributed by atoms with Crippen molar-refractivity contribution >= 4 is 0 Å². The molecule has 116 valence electrons. The van der Waals surface area contributed by atoms with E-state index in [0.717, 1.165) is 0 Å². The first-order chi connectivity index (χ1) is 11.3. The maximum atomic E-state index is 2.41. The molecule has 0 nitrogen and oxygen atoms in total. The Kier molecular flexibility index (Phi) is 3.91. The number of hydrogen-bond acceptors (Lipinski definition) is 0. The van der Waals surface area contributed by atoms with Gasteiger partial charge in [0.15, 0.2) is 0 Å². The molecule has 0 saturated heterocycles. The van der Waals surface area contributed by atoms with Gasteiger partial charge < -0.3 is 0 Å². The minimum absolute atomic E-state index is 0.660. The molecular weight excluding hydrogens is 276 g/mol. The molecule has 23 heavy (non-hydrogen) atoms. The van der Waals surface area contributed by atoms with Crippen LogP contribution in [-0.4, -0.2) is 0 Å². The van der Waals surface area contributed by atoms with E-state index in [1.807, 2.05) is 0 Å². The van der Waals surface area contributed by atoms with Crippen molar-refractivity contribution in [1.29, 1.82) is 0 Å². The SMILES string of the molecule is CC1=CCCC(CCC2Cc3ccccc3-c3ccccc32)=C1. The zero-order chi connectivity index (χ0) is 15.6. The predicted octanol–water partition coefficient (Wildman–Crippen LogP) is 6.44. The van der Waals surface area contributed by atoms with Crippen LogP contribution in [0.15, 0.2) is 71.8 Å². The molecule has 0 heteroatoms. The highest BCUT2D eigenvalue weighted by Crippen LogP contribution is 2.42. The van der Waals surface area contributed by atoms with Gasteiger partial charge in [-0.25, -0.2) is 0 Å². The van der Waals surface area contributed by atoms with Crippen LogP contribution in [-0.2, 0) is 6.42 Å². The molecule has 0 aromatic heterocycles. The molecule has 2 aliphatic rings. The summed E-state index contributed by atoms with van der Waals surface area (Å²) in [6, 6.07) is 18.0. The molecule has 0 bridgehead atoms. The molecular formula is C23H24. The molecule has 0 fully saturated rings. The zero-order valence-electron chi connectivity index (χ0n) is 13.9. The summed E-state index contributed by atoms with van der Waals surface area (Å²) in [5.41, 5.74) is 9.05. The lowest BCUT2D eigenvalue weighted by atomic mass is 9.76. The van der Waals surface area contributed by atoms with E-state index in [2.05, 4.69) is 67.6 Å². The Morgan fingerprint density at radius 2 is 1.74 bits per heavy atom. The molecule has 0 radical (unpaired) electrons. The van der Waals surface area contributed by atoms with Crippen molar-refractivity contribution in [2.75, 3.05) is 0 Å². The van der Waals surface area contributed by atoms with E-state index in [4.69, 9.17) is 0 Å². The van der Waals surface area contributed by atoms with Crippen molar-refractivity contribution < 1.29 is 0 Å². The van der Waals surface area contributed by atoms with Gasteiger partial charge in [0.05, 0.1) is 0 Å². The number of fused-ring (bicyclic) bond motifs is 3. The number of hydrogen-bond donors (Lipinski definition) is 0. The van der Waals surface area contributed by atoms with Crippen LogP contribution in [0.25, 0.3) is 11.1 Å². The molecule has 0 amide bonds. The van der Waals surface area contributed by atoms with Gasteiger partial charge in [-0.05, 0) is 67.2 Å². The molecule has 0 aliphatic heterocycles. The van der Waals surface area contributed by atoms with E-state index in [1.165, 1.54) is 54.4 Å². The average molecular weight is 300 g/mol. The lowest BCUT2D eigenvalue weighted by Gasteiger charge is -2.28. The van der Waals surface area contributed by atoms with E-state index >= 15 is 0 Å². The lowest BCUT2D eigenvalue weighted by molar-refractivity contribution is 0.604. The Balaban J connectivity index is 1.60. The third-order valence-electron chi connectivity index (χ3n) is 5.35. The Morgan fingerprint density at radius 1 is 0.957 bits per heavy atom. The van der Waals surface area contributed by atoms with E-state index in [0.29, 0.717) is 5.92 Å². The predicted molar refractivity (Wildman–Crippen MR) is 98.6 cm³/mol. The van der Waals surface area contributed by atoms with Crippen LogP contribution in [0.1, 0.15) is 49.7 Å². The van der Waals surface area contributed by atoms with Crippen LogP contribution in [0.3, 0.4) is 0 Å². The van der Waals surface area contributed by atoms with Crippen molar-refractivity contribution in [3.8, 4) is 11.1 Å². The summed E-state index contributed by atoms with van der Waals surface area (Å²) < 4.78 is 0. The maximum Gasteiger partial charge on any atom is -0.0112 e. The second-order valence-electron chi connectivity index (χ2n) is 6.97. The molecule has 0 N–H and O–H groups in total. The summed E-state index contributed by atoms with van der Waals surface area (Å²) in [6.07, 6.45) is 10.9. The van der Waals surface area contributed by atoms with Crippen LogP contribution < -0.4 is 0 Å². The first-order valence-electron chi connectivity index (χ1n) is 8.84. The fraction of sp³-hybridized carbons (Fsp3) is 0.304. The standard InChI is InChI=1S/C23H24/c1-17-7-6-8-18(15-17)13-14-20-16-19-9-2-3-10-21(19)23-12-5-4-11-22(20)23/h2-5,7,9-12,15,20H,6,8,13-14,16H2,1H3. The summed E-state index contributed by atoms with van der Waals surface area (Å²) >= 11 is 0. The summed E-state index contributed by atoms with van der Waals surface area (Å²) in [5.74, 6) is 0.660. The molecule has 1 atom stereocenters. The highest BCUT2D eigenvalue weighted by atomic mass is 14.3. The Bertz CT molecular complexity index is 776. The van der Waals surface area contributed by atoms with E-state index in [1.54, 1.807) is 11.1 Å². The molecule has 0 saturated carbocycles. The minimum Gasteiger partial charge on any atom is -0.0813 e. The molecule has 0 heterocycles. The van der Waals surface area contributed by atoms with E-state index < -0.39 is 0 Å². The summed E-state index contributed by atoms with van der Waals surface area (Å²) in [5, 5.41) is 0. The van der Waals surface area contributed by atoms with Gasteiger partial charge in [0, 0.05) is 0 Å². The fourth-order valence-electron chi connectivity index (χ4n) is 4.19. The van der Waals surface area contributed by atoms with Gasteiger partial charge in [0.2, 0.25) is 0 Å². The van der Waals surface area contributed by atoms with Crippen LogP contribution in [0.4, 0.5) is 0 Å². The average Bonchev–Trinajstić information content (AvgIpc) is 2.60. The normalized spacial score (nSPS) is 19.4. The number of allylic oxidation sites excluding steroid dienone is 4. The van der Waals surface area contributed by atoms with Gasteiger partial charge in [0.1, 0.15) is 0 Å². The second kappa shape index (κ2) is 6.20. The molecule has 2 aromatic carbocycles. The van der Waals surface area contributed by atoms with E-state index in [-0.39, 0.29) is 0 Å². The third kappa shape index (κ3) is 2.91. The summed E-state index contributed by atoms with van der Waals surface area (Å²) in [6.45, 7) is 2.23. The van der Waals surface area contributed by atoms with Gasteiger partial charge in [-0.15, -0.1) is 0 Å². The monoisotopic (exact) mass is 300 g/mol. The number of benzene rings is 2. The van der Waals surface area contributed by atoms with Crippen LogP contribution in [0.2, 0.25) is 0 Å². The van der Waals surface area contributed by atoms with Gasteiger partial charge in [-0.1, -0.05) is 71.8 Å². The Labute approximate surface area is 139 Å². The highest BCUT2D eigenvalue weighted by Gasteiger charge is 2.24. The molecule has 0 spiro atoms. The number of rotatable bonds is 3. The molecule has 4 rings (SSSR count). The van der Waals surface area contributed by atoms with Crippen molar-refractivity contribution in [1.82, 2.24) is 0 Å². The largest absolute Gasteiger partial charge is 0.0813 e. The molecule has 2 aliphatic carbocycles. The van der Waals surface area contributed by atoms with Crippen LogP contribution >= 0.6 is 0 Å².